The van der Waals surface area contributed by atoms with Crippen LogP contribution in [0, 0.1) is 0 Å². The highest BCUT2D eigenvalue weighted by atomic mass is 16.5. The van der Waals surface area contributed by atoms with Gasteiger partial charge in [0.2, 0.25) is 0 Å². The highest BCUT2D eigenvalue weighted by Gasteiger charge is 2.17. The third kappa shape index (κ3) is 1.94. The Balaban J connectivity index is 1.84. The first-order valence-electron chi connectivity index (χ1n) is 6.38. The van der Waals surface area contributed by atoms with E-state index < -0.39 is 0 Å². The van der Waals surface area contributed by atoms with Crippen molar-refractivity contribution >= 4 is 5.69 Å². The first kappa shape index (κ1) is 10.2. The lowest BCUT2D eigenvalue weighted by atomic mass is 9.89. The summed E-state index contributed by atoms with van der Waals surface area (Å²) in [6.07, 6.45) is 4.86. The van der Waals surface area contributed by atoms with Gasteiger partial charge in [-0.2, -0.15) is 0 Å². The number of benzene rings is 1. The third-order valence-corrected chi connectivity index (χ3v) is 3.76. The normalized spacial score (nSPS) is 21.2. The molecule has 2 aliphatic heterocycles. The standard InChI is InChI=1S/C14H19NO/c1-2-12-3-4-13(10-14(12)15-7-1)11-5-8-16-9-6-11/h3-4,10-11,15H,1-2,5-9H2. The molecule has 16 heavy (non-hydrogen) atoms. The molecule has 86 valence electrons. The maximum Gasteiger partial charge on any atom is 0.0471 e. The molecule has 0 radical (unpaired) electrons. The molecule has 2 nitrogen and oxygen atoms in total. The number of nitrogens with one attached hydrogen (secondary N) is 1. The van der Waals surface area contributed by atoms with Gasteiger partial charge in [0.25, 0.3) is 0 Å². The summed E-state index contributed by atoms with van der Waals surface area (Å²) >= 11 is 0. The van der Waals surface area contributed by atoms with Gasteiger partial charge in [-0.3, -0.25) is 0 Å². The Morgan fingerprint density at radius 3 is 2.94 bits per heavy atom. The van der Waals surface area contributed by atoms with E-state index >= 15 is 0 Å². The minimum Gasteiger partial charge on any atom is -0.385 e. The van der Waals surface area contributed by atoms with Crippen molar-refractivity contribution in [3.8, 4) is 0 Å². The van der Waals surface area contributed by atoms with E-state index in [-0.39, 0.29) is 0 Å². The highest BCUT2D eigenvalue weighted by molar-refractivity contribution is 5.55. The second-order valence-corrected chi connectivity index (χ2v) is 4.83. The second-order valence-electron chi connectivity index (χ2n) is 4.83. The summed E-state index contributed by atoms with van der Waals surface area (Å²) in [6.45, 7) is 2.98. The van der Waals surface area contributed by atoms with Crippen LogP contribution in [-0.2, 0) is 11.2 Å². The molecule has 1 N–H and O–H groups in total. The van der Waals surface area contributed by atoms with Crippen molar-refractivity contribution in [3.63, 3.8) is 0 Å². The predicted molar refractivity (Wildman–Crippen MR) is 66.0 cm³/mol. The number of hydrogen-bond donors (Lipinski definition) is 1. The van der Waals surface area contributed by atoms with Crippen molar-refractivity contribution in [3.05, 3.63) is 29.3 Å². The van der Waals surface area contributed by atoms with Gasteiger partial charge >= 0.3 is 0 Å². The van der Waals surface area contributed by atoms with Crippen LogP contribution in [0.15, 0.2) is 18.2 Å². The molecule has 2 aliphatic rings. The van der Waals surface area contributed by atoms with Crippen LogP contribution in [0.4, 0.5) is 5.69 Å². The summed E-state index contributed by atoms with van der Waals surface area (Å²) < 4.78 is 5.42. The molecule has 0 atom stereocenters. The van der Waals surface area contributed by atoms with E-state index in [1.807, 2.05) is 0 Å². The van der Waals surface area contributed by atoms with E-state index in [0.717, 1.165) is 19.8 Å². The number of aryl methyl sites for hydroxylation is 1. The number of ether oxygens (including phenoxy) is 1. The van der Waals surface area contributed by atoms with Crippen LogP contribution in [-0.4, -0.2) is 19.8 Å². The molecule has 2 heteroatoms. The van der Waals surface area contributed by atoms with Gasteiger partial charge in [0.15, 0.2) is 0 Å². The molecule has 3 rings (SSSR count). The van der Waals surface area contributed by atoms with Crippen molar-refractivity contribution < 1.29 is 4.74 Å². The van der Waals surface area contributed by atoms with Gasteiger partial charge in [-0.1, -0.05) is 12.1 Å². The number of rotatable bonds is 1. The monoisotopic (exact) mass is 217 g/mol. The van der Waals surface area contributed by atoms with Crippen LogP contribution in [0.25, 0.3) is 0 Å². The zero-order chi connectivity index (χ0) is 10.8. The van der Waals surface area contributed by atoms with Crippen LogP contribution in [0.1, 0.15) is 36.3 Å². The summed E-state index contributed by atoms with van der Waals surface area (Å²) in [5, 5.41) is 3.51. The minimum atomic E-state index is 0.711. The Bertz CT molecular complexity index is 369. The van der Waals surface area contributed by atoms with E-state index in [1.165, 1.54) is 42.5 Å². The molecule has 1 aromatic carbocycles. The molecular formula is C14H19NO. The first-order chi connectivity index (χ1) is 7.93. The van der Waals surface area contributed by atoms with Gasteiger partial charge in [-0.25, -0.2) is 0 Å². The molecule has 0 amide bonds. The average molecular weight is 217 g/mol. The zero-order valence-corrected chi connectivity index (χ0v) is 9.67. The van der Waals surface area contributed by atoms with Gasteiger partial charge in [0.1, 0.15) is 0 Å². The molecule has 2 heterocycles. The van der Waals surface area contributed by atoms with Crippen molar-refractivity contribution in [2.75, 3.05) is 25.1 Å². The zero-order valence-electron chi connectivity index (χ0n) is 9.67. The van der Waals surface area contributed by atoms with Crippen LogP contribution in [0.3, 0.4) is 0 Å². The third-order valence-electron chi connectivity index (χ3n) is 3.76. The first-order valence-corrected chi connectivity index (χ1v) is 6.38. The molecule has 1 fully saturated rings. The van der Waals surface area contributed by atoms with Crippen molar-refractivity contribution in [2.24, 2.45) is 0 Å². The lowest BCUT2D eigenvalue weighted by molar-refractivity contribution is 0.0853. The van der Waals surface area contributed by atoms with Gasteiger partial charge in [0.05, 0.1) is 0 Å². The van der Waals surface area contributed by atoms with E-state index in [0.29, 0.717) is 5.92 Å². The molecule has 0 aromatic heterocycles. The lowest BCUT2D eigenvalue weighted by Gasteiger charge is -2.25. The number of fused-ring (bicyclic) bond motifs is 1. The van der Waals surface area contributed by atoms with E-state index in [4.69, 9.17) is 4.74 Å². The summed E-state index contributed by atoms with van der Waals surface area (Å²) in [7, 11) is 0. The molecule has 0 bridgehead atoms. The predicted octanol–water partition coefficient (Wildman–Crippen LogP) is 2.94. The van der Waals surface area contributed by atoms with E-state index in [1.54, 1.807) is 0 Å². The topological polar surface area (TPSA) is 21.3 Å². The molecule has 0 unspecified atom stereocenters. The van der Waals surface area contributed by atoms with Gasteiger partial charge < -0.3 is 10.1 Å². The maximum absolute atomic E-state index is 5.42. The molecule has 0 spiro atoms. The summed E-state index contributed by atoms with van der Waals surface area (Å²) in [6, 6.07) is 7.00. The highest BCUT2D eigenvalue weighted by Crippen LogP contribution is 2.31. The van der Waals surface area contributed by atoms with Gasteiger partial charge in [-0.05, 0) is 48.8 Å². The van der Waals surface area contributed by atoms with Crippen LogP contribution in [0.5, 0.6) is 0 Å². The quantitative estimate of drug-likeness (QED) is 0.781. The van der Waals surface area contributed by atoms with E-state index in [2.05, 4.69) is 23.5 Å². The SMILES string of the molecule is c1cc2c(cc1C1CCOCC1)NCCC2. The Kier molecular flexibility index (Phi) is 2.83. The van der Waals surface area contributed by atoms with E-state index in [9.17, 15) is 0 Å². The Labute approximate surface area is 97.0 Å². The average Bonchev–Trinajstić information content (AvgIpc) is 2.39. The molecule has 1 aromatic rings. The van der Waals surface area contributed by atoms with Crippen LogP contribution >= 0.6 is 0 Å². The van der Waals surface area contributed by atoms with Gasteiger partial charge in [0, 0.05) is 25.4 Å². The Morgan fingerprint density at radius 2 is 2.06 bits per heavy atom. The maximum atomic E-state index is 5.42. The Morgan fingerprint density at radius 1 is 1.19 bits per heavy atom. The summed E-state index contributed by atoms with van der Waals surface area (Å²) in [4.78, 5) is 0. The molecule has 0 saturated carbocycles. The lowest BCUT2D eigenvalue weighted by Crippen LogP contribution is -2.16. The fraction of sp³-hybridized carbons (Fsp3) is 0.571. The fourth-order valence-corrected chi connectivity index (χ4v) is 2.76. The minimum absolute atomic E-state index is 0.711. The van der Waals surface area contributed by atoms with Crippen LogP contribution < -0.4 is 5.32 Å². The largest absolute Gasteiger partial charge is 0.385 e. The second kappa shape index (κ2) is 4.46. The summed E-state index contributed by atoms with van der Waals surface area (Å²) in [5.74, 6) is 0.711. The molecular weight excluding hydrogens is 198 g/mol. The van der Waals surface area contributed by atoms with Crippen molar-refractivity contribution in [1.29, 1.82) is 0 Å². The molecule has 0 aliphatic carbocycles. The van der Waals surface area contributed by atoms with Crippen molar-refractivity contribution in [2.45, 2.75) is 31.6 Å². The Hall–Kier alpha value is -1.02. The molecule has 1 saturated heterocycles. The number of hydrogen-bond acceptors (Lipinski definition) is 2. The van der Waals surface area contributed by atoms with Crippen LogP contribution in [0.2, 0.25) is 0 Å². The van der Waals surface area contributed by atoms with Crippen molar-refractivity contribution in [1.82, 2.24) is 0 Å². The number of anilines is 1. The van der Waals surface area contributed by atoms with Gasteiger partial charge in [-0.15, -0.1) is 0 Å². The summed E-state index contributed by atoms with van der Waals surface area (Å²) in [5.41, 5.74) is 4.36. The fourth-order valence-electron chi connectivity index (χ4n) is 2.76. The smallest absolute Gasteiger partial charge is 0.0471 e.